The second kappa shape index (κ2) is 3.98. The summed E-state index contributed by atoms with van der Waals surface area (Å²) in [5.74, 6) is 0.731. The average Bonchev–Trinajstić information content (AvgIpc) is 2.66. The predicted octanol–water partition coefficient (Wildman–Crippen LogP) is 0.830. The molecule has 3 nitrogen and oxygen atoms in total. The molecule has 0 amide bonds. The van der Waals surface area contributed by atoms with Crippen molar-refractivity contribution in [2.24, 2.45) is 0 Å². The van der Waals surface area contributed by atoms with E-state index in [-0.39, 0.29) is 12.6 Å². The zero-order valence-corrected chi connectivity index (χ0v) is 7.98. The fourth-order valence-electron chi connectivity index (χ4n) is 1.99. The van der Waals surface area contributed by atoms with Crippen LogP contribution in [0, 0.1) is 0 Å². The Balaban J connectivity index is 2.09. The Morgan fingerprint density at radius 1 is 1.43 bits per heavy atom. The van der Waals surface area contributed by atoms with Gasteiger partial charge < -0.3 is 15.5 Å². The first-order valence-corrected chi connectivity index (χ1v) is 4.93. The molecule has 3 heteroatoms. The van der Waals surface area contributed by atoms with Gasteiger partial charge in [-0.1, -0.05) is 12.1 Å². The summed E-state index contributed by atoms with van der Waals surface area (Å²) in [5, 5.41) is 21.5. The Hall–Kier alpha value is -1.06. The normalized spacial score (nSPS) is 26.6. The number of aliphatic hydroxyl groups excluding tert-OH is 1. The summed E-state index contributed by atoms with van der Waals surface area (Å²) in [7, 11) is 0. The topological polar surface area (TPSA) is 52.5 Å². The molecule has 3 N–H and O–H groups in total. The Bertz CT molecular complexity index is 314. The highest BCUT2D eigenvalue weighted by Gasteiger charge is 2.24. The van der Waals surface area contributed by atoms with E-state index >= 15 is 0 Å². The largest absolute Gasteiger partial charge is 0.508 e. The van der Waals surface area contributed by atoms with Crippen molar-refractivity contribution >= 4 is 0 Å². The van der Waals surface area contributed by atoms with Gasteiger partial charge in [0.15, 0.2) is 0 Å². The molecule has 14 heavy (non-hydrogen) atoms. The minimum atomic E-state index is 0.190. The lowest BCUT2D eigenvalue weighted by Crippen LogP contribution is -2.24. The van der Waals surface area contributed by atoms with E-state index in [4.69, 9.17) is 5.11 Å². The molecule has 0 aliphatic carbocycles. The molecule has 2 unspecified atom stereocenters. The maximum atomic E-state index is 9.33. The second-order valence-corrected chi connectivity index (χ2v) is 3.82. The smallest absolute Gasteiger partial charge is 0.115 e. The third-order valence-corrected chi connectivity index (χ3v) is 2.78. The molecule has 0 radical (unpaired) electrons. The van der Waals surface area contributed by atoms with Crippen LogP contribution >= 0.6 is 0 Å². The molecule has 0 aromatic heterocycles. The number of phenolic OH excluding ortho intramolecular Hbond substituents is 1. The summed E-state index contributed by atoms with van der Waals surface area (Å²) in [6.07, 6.45) is 0.944. The van der Waals surface area contributed by atoms with Crippen molar-refractivity contribution in [1.29, 1.82) is 0 Å². The van der Waals surface area contributed by atoms with E-state index in [1.165, 1.54) is 0 Å². The molecular formula is C11H15NO2. The lowest BCUT2D eigenvalue weighted by atomic mass is 9.96. The van der Waals surface area contributed by atoms with Gasteiger partial charge in [-0.05, 0) is 30.0 Å². The van der Waals surface area contributed by atoms with Gasteiger partial charge in [0.1, 0.15) is 5.75 Å². The molecule has 1 fully saturated rings. The van der Waals surface area contributed by atoms with Crippen LogP contribution in [0.2, 0.25) is 0 Å². The first-order valence-electron chi connectivity index (χ1n) is 4.93. The van der Waals surface area contributed by atoms with Crippen molar-refractivity contribution in [3.8, 4) is 5.75 Å². The van der Waals surface area contributed by atoms with Crippen molar-refractivity contribution in [2.75, 3.05) is 13.2 Å². The van der Waals surface area contributed by atoms with E-state index in [1.54, 1.807) is 12.1 Å². The van der Waals surface area contributed by atoms with Gasteiger partial charge in [-0.3, -0.25) is 0 Å². The van der Waals surface area contributed by atoms with Crippen molar-refractivity contribution in [3.05, 3.63) is 29.8 Å². The van der Waals surface area contributed by atoms with E-state index in [0.717, 1.165) is 18.5 Å². The number of phenols is 1. The Morgan fingerprint density at radius 3 is 2.93 bits per heavy atom. The molecule has 0 spiro atoms. The summed E-state index contributed by atoms with van der Waals surface area (Å²) < 4.78 is 0. The molecule has 1 heterocycles. The van der Waals surface area contributed by atoms with Crippen molar-refractivity contribution in [3.63, 3.8) is 0 Å². The van der Waals surface area contributed by atoms with Crippen LogP contribution in [0.15, 0.2) is 24.3 Å². The van der Waals surface area contributed by atoms with Crippen LogP contribution < -0.4 is 5.32 Å². The minimum Gasteiger partial charge on any atom is -0.508 e. The number of hydrogen-bond donors (Lipinski definition) is 3. The van der Waals surface area contributed by atoms with E-state index in [2.05, 4.69) is 5.32 Å². The van der Waals surface area contributed by atoms with Crippen molar-refractivity contribution in [2.45, 2.75) is 18.4 Å². The molecule has 1 aromatic rings. The number of aromatic hydroxyl groups is 1. The lowest BCUT2D eigenvalue weighted by molar-refractivity contribution is 0.254. The van der Waals surface area contributed by atoms with Gasteiger partial charge in [-0.25, -0.2) is 0 Å². The summed E-state index contributed by atoms with van der Waals surface area (Å²) in [6.45, 7) is 1.07. The summed E-state index contributed by atoms with van der Waals surface area (Å²) in [5.41, 5.74) is 1.15. The maximum absolute atomic E-state index is 9.33. The van der Waals surface area contributed by atoms with E-state index in [9.17, 15) is 5.11 Å². The third kappa shape index (κ3) is 1.89. The van der Waals surface area contributed by atoms with E-state index < -0.39 is 0 Å². The highest BCUT2D eigenvalue weighted by molar-refractivity contribution is 5.30. The van der Waals surface area contributed by atoms with Crippen molar-refractivity contribution in [1.82, 2.24) is 5.32 Å². The zero-order valence-electron chi connectivity index (χ0n) is 7.98. The standard InChI is InChI=1S/C11H15NO2/c13-7-10-4-9(6-12-10)8-2-1-3-11(14)5-8/h1-3,5,9-10,12-14H,4,6-7H2. The third-order valence-electron chi connectivity index (χ3n) is 2.78. The maximum Gasteiger partial charge on any atom is 0.115 e. The predicted molar refractivity (Wildman–Crippen MR) is 54.3 cm³/mol. The summed E-state index contributed by atoms with van der Waals surface area (Å²) in [4.78, 5) is 0. The Morgan fingerprint density at radius 2 is 2.29 bits per heavy atom. The van der Waals surface area contributed by atoms with Crippen LogP contribution in [-0.4, -0.2) is 29.4 Å². The quantitative estimate of drug-likeness (QED) is 0.652. The molecule has 2 atom stereocenters. The molecule has 2 rings (SSSR count). The molecule has 1 aliphatic heterocycles. The monoisotopic (exact) mass is 193 g/mol. The fourth-order valence-corrected chi connectivity index (χ4v) is 1.99. The molecule has 1 aliphatic rings. The number of nitrogens with one attached hydrogen (secondary N) is 1. The summed E-state index contributed by atoms with van der Waals surface area (Å²) >= 11 is 0. The fraction of sp³-hybridized carbons (Fsp3) is 0.455. The van der Waals surface area contributed by atoms with Gasteiger partial charge in [-0.2, -0.15) is 0 Å². The molecule has 1 aromatic carbocycles. The zero-order chi connectivity index (χ0) is 9.97. The van der Waals surface area contributed by atoms with Crippen LogP contribution in [0.5, 0.6) is 5.75 Å². The first kappa shape index (κ1) is 9.49. The highest BCUT2D eigenvalue weighted by Crippen LogP contribution is 2.27. The molecule has 0 saturated carbocycles. The van der Waals surface area contributed by atoms with Gasteiger partial charge in [0.2, 0.25) is 0 Å². The van der Waals surface area contributed by atoms with Crippen LogP contribution in [-0.2, 0) is 0 Å². The van der Waals surface area contributed by atoms with Gasteiger partial charge in [0.05, 0.1) is 6.61 Å². The van der Waals surface area contributed by atoms with E-state index in [1.807, 2.05) is 12.1 Å². The molecule has 1 saturated heterocycles. The molecular weight excluding hydrogens is 178 g/mol. The highest BCUT2D eigenvalue weighted by atomic mass is 16.3. The number of hydrogen-bond acceptors (Lipinski definition) is 3. The molecule has 0 bridgehead atoms. The minimum absolute atomic E-state index is 0.190. The molecule has 76 valence electrons. The number of benzene rings is 1. The first-order chi connectivity index (χ1) is 6.79. The van der Waals surface area contributed by atoms with Gasteiger partial charge >= 0.3 is 0 Å². The van der Waals surface area contributed by atoms with Gasteiger partial charge in [-0.15, -0.1) is 0 Å². The lowest BCUT2D eigenvalue weighted by Gasteiger charge is -2.09. The second-order valence-electron chi connectivity index (χ2n) is 3.82. The summed E-state index contributed by atoms with van der Waals surface area (Å²) in [6, 6.07) is 7.56. The van der Waals surface area contributed by atoms with Gasteiger partial charge in [0, 0.05) is 12.6 Å². The Labute approximate surface area is 83.4 Å². The SMILES string of the molecule is OCC1CC(c2cccc(O)c2)CN1. The Kier molecular flexibility index (Phi) is 2.70. The number of rotatable bonds is 2. The van der Waals surface area contributed by atoms with Crippen LogP contribution in [0.25, 0.3) is 0 Å². The van der Waals surface area contributed by atoms with E-state index in [0.29, 0.717) is 11.7 Å². The van der Waals surface area contributed by atoms with Crippen LogP contribution in [0.4, 0.5) is 0 Å². The van der Waals surface area contributed by atoms with Crippen LogP contribution in [0.1, 0.15) is 17.9 Å². The van der Waals surface area contributed by atoms with Gasteiger partial charge in [0.25, 0.3) is 0 Å². The number of aliphatic hydroxyl groups is 1. The average molecular weight is 193 g/mol. The van der Waals surface area contributed by atoms with Crippen LogP contribution in [0.3, 0.4) is 0 Å². The van der Waals surface area contributed by atoms with Crippen molar-refractivity contribution < 1.29 is 10.2 Å².